The second kappa shape index (κ2) is 4.94. The lowest BCUT2D eigenvalue weighted by atomic mass is 9.79. The zero-order valence-corrected chi connectivity index (χ0v) is 11.9. The highest BCUT2D eigenvalue weighted by Crippen LogP contribution is 2.32. The van der Waals surface area contributed by atoms with Crippen LogP contribution in [-0.4, -0.2) is 24.2 Å². The van der Waals surface area contributed by atoms with E-state index < -0.39 is 15.6 Å². The van der Waals surface area contributed by atoms with Gasteiger partial charge in [-0.05, 0) is 38.5 Å². The molecule has 0 bridgehead atoms. The lowest BCUT2D eigenvalue weighted by molar-refractivity contribution is 0.278. The number of aromatic amines is 1. The molecule has 0 unspecified atom stereocenters. The summed E-state index contributed by atoms with van der Waals surface area (Å²) < 4.78 is 27.2. The predicted octanol–water partition coefficient (Wildman–Crippen LogP) is 1.47. The van der Waals surface area contributed by atoms with E-state index in [0.717, 1.165) is 12.8 Å². The van der Waals surface area contributed by atoms with Crippen LogP contribution in [0.2, 0.25) is 0 Å². The first-order valence-corrected chi connectivity index (χ1v) is 7.82. The molecule has 1 aliphatic rings. The summed E-state index contributed by atoms with van der Waals surface area (Å²) in [6.07, 6.45) is 4.11. The maximum atomic E-state index is 12.3. The monoisotopic (exact) mass is 282 g/mol. The van der Waals surface area contributed by atoms with Crippen LogP contribution in [0.25, 0.3) is 0 Å². The minimum Gasteiger partial charge on any atom is -0.281 e. The molecule has 1 aromatic heterocycles. The Kier molecular flexibility index (Phi) is 3.65. The minimum absolute atomic E-state index is 0.112. The van der Waals surface area contributed by atoms with Crippen molar-refractivity contribution in [2.45, 2.75) is 50.0 Å². The van der Waals surface area contributed by atoms with Crippen molar-refractivity contribution in [1.29, 1.82) is 5.26 Å². The molecule has 0 saturated heterocycles. The van der Waals surface area contributed by atoms with Gasteiger partial charge < -0.3 is 0 Å². The van der Waals surface area contributed by atoms with Crippen LogP contribution in [0.4, 0.5) is 0 Å². The third-order valence-electron chi connectivity index (χ3n) is 3.74. The van der Waals surface area contributed by atoms with Crippen molar-refractivity contribution in [3.05, 3.63) is 11.9 Å². The molecular weight excluding hydrogens is 264 g/mol. The number of nitriles is 1. The smallest absolute Gasteiger partial charge is 0.245 e. The van der Waals surface area contributed by atoms with Crippen LogP contribution in [0.15, 0.2) is 11.1 Å². The molecule has 0 radical (unpaired) electrons. The van der Waals surface area contributed by atoms with Crippen molar-refractivity contribution in [1.82, 2.24) is 14.9 Å². The zero-order chi connectivity index (χ0) is 14.1. The van der Waals surface area contributed by atoms with Gasteiger partial charge >= 0.3 is 0 Å². The number of hydrogen-bond acceptors (Lipinski definition) is 4. The Hall–Kier alpha value is -1.39. The summed E-state index contributed by atoms with van der Waals surface area (Å²) in [5.74, 6) is 0.543. The number of aryl methyl sites for hydroxylation is 1. The quantitative estimate of drug-likeness (QED) is 0.877. The van der Waals surface area contributed by atoms with Crippen molar-refractivity contribution in [2.24, 2.45) is 5.92 Å². The largest absolute Gasteiger partial charge is 0.281 e. The molecule has 19 heavy (non-hydrogen) atoms. The van der Waals surface area contributed by atoms with E-state index in [1.807, 2.05) is 0 Å². The van der Waals surface area contributed by atoms with Gasteiger partial charge in [-0.15, -0.1) is 0 Å². The highest BCUT2D eigenvalue weighted by Gasteiger charge is 2.39. The number of hydrogen-bond donors (Lipinski definition) is 2. The van der Waals surface area contributed by atoms with Gasteiger partial charge in [-0.25, -0.2) is 8.42 Å². The van der Waals surface area contributed by atoms with Crippen LogP contribution >= 0.6 is 0 Å². The van der Waals surface area contributed by atoms with Gasteiger partial charge in [0.05, 0.1) is 18.0 Å². The standard InChI is InChI=1S/C12H18N4O2S/c1-9-3-5-12(8-13,6-4-9)16-19(17,18)11-7-14-15-10(11)2/h7,9,16H,3-6H2,1-2H3,(H,14,15). The van der Waals surface area contributed by atoms with Crippen LogP contribution in [0.5, 0.6) is 0 Å². The molecule has 2 rings (SSSR count). The Morgan fingerprint density at radius 2 is 2.16 bits per heavy atom. The van der Waals surface area contributed by atoms with E-state index in [0.29, 0.717) is 24.5 Å². The zero-order valence-electron chi connectivity index (χ0n) is 11.1. The van der Waals surface area contributed by atoms with E-state index in [1.165, 1.54) is 6.20 Å². The van der Waals surface area contributed by atoms with Crippen molar-refractivity contribution in [2.75, 3.05) is 0 Å². The van der Waals surface area contributed by atoms with Gasteiger partial charge in [0.25, 0.3) is 0 Å². The molecule has 2 N–H and O–H groups in total. The number of rotatable bonds is 3. The van der Waals surface area contributed by atoms with Crippen LogP contribution in [0.3, 0.4) is 0 Å². The van der Waals surface area contributed by atoms with Gasteiger partial charge in [0.2, 0.25) is 10.0 Å². The average Bonchev–Trinajstić information content (AvgIpc) is 2.79. The van der Waals surface area contributed by atoms with Crippen molar-refractivity contribution >= 4 is 10.0 Å². The summed E-state index contributed by atoms with van der Waals surface area (Å²) in [4.78, 5) is 0.112. The first-order valence-electron chi connectivity index (χ1n) is 6.34. The first kappa shape index (κ1) is 14.0. The summed E-state index contributed by atoms with van der Waals surface area (Å²) in [6.45, 7) is 3.76. The molecule has 1 aromatic rings. The van der Waals surface area contributed by atoms with E-state index in [4.69, 9.17) is 0 Å². The van der Waals surface area contributed by atoms with Crippen LogP contribution < -0.4 is 4.72 Å². The van der Waals surface area contributed by atoms with Gasteiger partial charge in [-0.2, -0.15) is 15.1 Å². The lowest BCUT2D eigenvalue weighted by Crippen LogP contribution is -2.49. The lowest BCUT2D eigenvalue weighted by Gasteiger charge is -2.33. The summed E-state index contributed by atoms with van der Waals surface area (Å²) in [7, 11) is -3.70. The molecule has 6 nitrogen and oxygen atoms in total. The molecule has 0 spiro atoms. The second-order valence-corrected chi connectivity index (χ2v) is 6.99. The van der Waals surface area contributed by atoms with E-state index in [-0.39, 0.29) is 4.90 Å². The Labute approximate surface area is 113 Å². The van der Waals surface area contributed by atoms with Crippen molar-refractivity contribution in [3.8, 4) is 6.07 Å². The minimum atomic E-state index is -3.70. The third kappa shape index (κ3) is 2.80. The van der Waals surface area contributed by atoms with Gasteiger partial charge in [0.1, 0.15) is 10.4 Å². The van der Waals surface area contributed by atoms with E-state index in [9.17, 15) is 13.7 Å². The fourth-order valence-corrected chi connectivity index (χ4v) is 3.93. The second-order valence-electron chi connectivity index (χ2n) is 5.34. The van der Waals surface area contributed by atoms with Crippen LogP contribution in [0, 0.1) is 24.2 Å². The first-order chi connectivity index (χ1) is 8.88. The molecule has 7 heteroatoms. The Morgan fingerprint density at radius 1 is 1.53 bits per heavy atom. The topological polar surface area (TPSA) is 98.6 Å². The molecule has 1 saturated carbocycles. The molecule has 0 amide bonds. The van der Waals surface area contributed by atoms with E-state index in [1.54, 1.807) is 6.92 Å². The Morgan fingerprint density at radius 3 is 2.63 bits per heavy atom. The number of H-pyrrole nitrogens is 1. The molecule has 1 heterocycles. The maximum absolute atomic E-state index is 12.3. The van der Waals surface area contributed by atoms with Gasteiger partial charge in [0, 0.05) is 0 Å². The van der Waals surface area contributed by atoms with Crippen LogP contribution in [-0.2, 0) is 10.0 Å². The molecular formula is C12H18N4O2S. The maximum Gasteiger partial charge on any atom is 0.245 e. The highest BCUT2D eigenvalue weighted by atomic mass is 32.2. The van der Waals surface area contributed by atoms with Gasteiger partial charge in [-0.3, -0.25) is 5.10 Å². The van der Waals surface area contributed by atoms with Gasteiger partial charge in [0.15, 0.2) is 0 Å². The Bertz CT molecular complexity index is 591. The molecule has 0 aromatic carbocycles. The molecule has 1 aliphatic carbocycles. The number of nitrogens with zero attached hydrogens (tertiary/aromatic N) is 2. The SMILES string of the molecule is Cc1[nH]ncc1S(=O)(=O)NC1(C#N)CCC(C)CC1. The summed E-state index contributed by atoms with van der Waals surface area (Å²) >= 11 is 0. The third-order valence-corrected chi connectivity index (χ3v) is 5.39. The van der Waals surface area contributed by atoms with Crippen molar-refractivity contribution in [3.63, 3.8) is 0 Å². The molecule has 1 fully saturated rings. The highest BCUT2D eigenvalue weighted by molar-refractivity contribution is 7.89. The van der Waals surface area contributed by atoms with E-state index >= 15 is 0 Å². The summed E-state index contributed by atoms with van der Waals surface area (Å²) in [5, 5.41) is 15.7. The fourth-order valence-electron chi connectivity index (χ4n) is 2.41. The van der Waals surface area contributed by atoms with Gasteiger partial charge in [-0.1, -0.05) is 6.92 Å². The normalized spacial score (nSPS) is 27.9. The van der Waals surface area contributed by atoms with E-state index in [2.05, 4.69) is 27.9 Å². The molecule has 0 atom stereocenters. The van der Waals surface area contributed by atoms with Crippen LogP contribution in [0.1, 0.15) is 38.3 Å². The fraction of sp³-hybridized carbons (Fsp3) is 0.667. The number of aromatic nitrogens is 2. The Balaban J connectivity index is 2.24. The molecule has 104 valence electrons. The summed E-state index contributed by atoms with van der Waals surface area (Å²) in [6, 6.07) is 2.15. The summed E-state index contributed by atoms with van der Waals surface area (Å²) in [5.41, 5.74) is -0.500. The van der Waals surface area contributed by atoms with Crippen molar-refractivity contribution < 1.29 is 8.42 Å². The molecule has 0 aliphatic heterocycles. The number of sulfonamides is 1. The average molecular weight is 282 g/mol. The number of nitrogens with one attached hydrogen (secondary N) is 2. The predicted molar refractivity (Wildman–Crippen MR) is 69.6 cm³/mol.